The Balaban J connectivity index is 3.06. The Morgan fingerprint density at radius 3 is 2.71 bits per heavy atom. The molecule has 0 amide bonds. The molecule has 7 heteroatoms. The van der Waals surface area contributed by atoms with Crippen LogP contribution in [0.25, 0.3) is 0 Å². The Labute approximate surface area is 110 Å². The van der Waals surface area contributed by atoms with Crippen LogP contribution in [0.3, 0.4) is 0 Å². The lowest BCUT2D eigenvalue weighted by atomic mass is 10.2. The van der Waals surface area contributed by atoms with Gasteiger partial charge in [-0.15, -0.1) is 0 Å². The van der Waals surface area contributed by atoms with Crippen LogP contribution in [-0.4, -0.2) is 19.2 Å². The second-order valence-electron chi connectivity index (χ2n) is 2.84. The van der Waals surface area contributed by atoms with Gasteiger partial charge in [-0.05, 0) is 35.0 Å². The SMILES string of the molecule is CCOC(=O)c1ccc(OC(F)F)c(Br)c1Cl. The van der Waals surface area contributed by atoms with Gasteiger partial charge in [0, 0.05) is 0 Å². The van der Waals surface area contributed by atoms with Crippen molar-refractivity contribution in [1.82, 2.24) is 0 Å². The smallest absolute Gasteiger partial charge is 0.387 e. The monoisotopic (exact) mass is 328 g/mol. The van der Waals surface area contributed by atoms with Crippen molar-refractivity contribution in [3.8, 4) is 5.75 Å². The molecule has 0 bridgehead atoms. The van der Waals surface area contributed by atoms with Gasteiger partial charge in [0.1, 0.15) is 5.75 Å². The predicted molar refractivity (Wildman–Crippen MR) is 61.7 cm³/mol. The van der Waals surface area contributed by atoms with Gasteiger partial charge in [-0.3, -0.25) is 0 Å². The number of esters is 1. The molecule has 0 aliphatic carbocycles. The van der Waals surface area contributed by atoms with Crippen LogP contribution in [-0.2, 0) is 4.74 Å². The van der Waals surface area contributed by atoms with Crippen molar-refractivity contribution in [2.45, 2.75) is 13.5 Å². The molecule has 0 fully saturated rings. The van der Waals surface area contributed by atoms with Gasteiger partial charge >= 0.3 is 12.6 Å². The van der Waals surface area contributed by atoms with Crippen molar-refractivity contribution in [2.75, 3.05) is 6.61 Å². The molecule has 0 N–H and O–H groups in total. The number of carbonyl (C=O) groups excluding carboxylic acids is 1. The van der Waals surface area contributed by atoms with E-state index in [4.69, 9.17) is 16.3 Å². The maximum Gasteiger partial charge on any atom is 0.387 e. The molecule has 94 valence electrons. The predicted octanol–water partition coefficient (Wildman–Crippen LogP) is 3.88. The van der Waals surface area contributed by atoms with Crippen LogP contribution < -0.4 is 4.74 Å². The third-order valence-electron chi connectivity index (χ3n) is 1.76. The van der Waals surface area contributed by atoms with E-state index >= 15 is 0 Å². The van der Waals surface area contributed by atoms with E-state index in [1.54, 1.807) is 6.92 Å². The Morgan fingerprint density at radius 2 is 2.18 bits per heavy atom. The normalized spacial score (nSPS) is 10.5. The first-order valence-corrected chi connectivity index (χ1v) is 5.74. The number of carbonyl (C=O) groups is 1. The van der Waals surface area contributed by atoms with Crippen molar-refractivity contribution < 1.29 is 23.0 Å². The molecule has 1 aromatic rings. The summed E-state index contributed by atoms with van der Waals surface area (Å²) in [5.74, 6) is -0.764. The molecule has 0 unspecified atom stereocenters. The van der Waals surface area contributed by atoms with Gasteiger partial charge in [0.25, 0.3) is 0 Å². The second-order valence-corrected chi connectivity index (χ2v) is 4.01. The number of hydrogen-bond acceptors (Lipinski definition) is 3. The number of ether oxygens (including phenoxy) is 2. The first-order valence-electron chi connectivity index (χ1n) is 4.57. The molecule has 0 saturated heterocycles. The van der Waals surface area contributed by atoms with E-state index < -0.39 is 12.6 Å². The number of rotatable bonds is 4. The highest BCUT2D eigenvalue weighted by atomic mass is 79.9. The van der Waals surface area contributed by atoms with E-state index in [0.29, 0.717) is 0 Å². The Morgan fingerprint density at radius 1 is 1.53 bits per heavy atom. The van der Waals surface area contributed by atoms with Crippen molar-refractivity contribution in [2.24, 2.45) is 0 Å². The average molecular weight is 330 g/mol. The summed E-state index contributed by atoms with van der Waals surface area (Å²) in [5.41, 5.74) is 0.0852. The minimum Gasteiger partial charge on any atom is -0.462 e. The lowest BCUT2D eigenvalue weighted by Gasteiger charge is -2.10. The second kappa shape index (κ2) is 6.16. The van der Waals surface area contributed by atoms with Gasteiger partial charge in [0.2, 0.25) is 0 Å². The van der Waals surface area contributed by atoms with Crippen molar-refractivity contribution in [3.63, 3.8) is 0 Å². The largest absolute Gasteiger partial charge is 0.462 e. The highest BCUT2D eigenvalue weighted by Gasteiger charge is 2.18. The number of benzene rings is 1. The zero-order valence-corrected chi connectivity index (χ0v) is 11.0. The van der Waals surface area contributed by atoms with Crippen molar-refractivity contribution in [1.29, 1.82) is 0 Å². The Bertz CT molecular complexity index is 426. The Hall–Kier alpha value is -0.880. The molecule has 0 atom stereocenters. The highest BCUT2D eigenvalue weighted by molar-refractivity contribution is 9.10. The quantitative estimate of drug-likeness (QED) is 0.786. The molecule has 0 aliphatic heterocycles. The number of alkyl halides is 2. The zero-order valence-electron chi connectivity index (χ0n) is 8.68. The molecule has 17 heavy (non-hydrogen) atoms. The molecule has 0 heterocycles. The standard InChI is InChI=1S/C10H8BrClF2O3/c1-2-16-9(15)5-3-4-6(17-10(13)14)7(11)8(5)12/h3-4,10H,2H2,1H3. The molecule has 3 nitrogen and oxygen atoms in total. The van der Waals surface area contributed by atoms with Crippen LogP contribution in [0.15, 0.2) is 16.6 Å². The highest BCUT2D eigenvalue weighted by Crippen LogP contribution is 2.36. The van der Waals surface area contributed by atoms with Gasteiger partial charge in [-0.2, -0.15) is 8.78 Å². The van der Waals surface area contributed by atoms with Crippen LogP contribution in [0.1, 0.15) is 17.3 Å². The minimum absolute atomic E-state index is 0.0263. The van der Waals surface area contributed by atoms with Gasteiger partial charge < -0.3 is 9.47 Å². The molecule has 1 rings (SSSR count). The van der Waals surface area contributed by atoms with Gasteiger partial charge in [0.15, 0.2) is 0 Å². The topological polar surface area (TPSA) is 35.5 Å². The summed E-state index contributed by atoms with van der Waals surface area (Å²) in [7, 11) is 0. The fourth-order valence-electron chi connectivity index (χ4n) is 1.09. The van der Waals surface area contributed by atoms with E-state index in [9.17, 15) is 13.6 Å². The molecular formula is C10H8BrClF2O3. The van der Waals surface area contributed by atoms with E-state index in [1.165, 1.54) is 12.1 Å². The van der Waals surface area contributed by atoms with Crippen LogP contribution >= 0.6 is 27.5 Å². The third-order valence-corrected chi connectivity index (χ3v) is 3.17. The Kier molecular flexibility index (Phi) is 5.14. The molecule has 0 saturated carbocycles. The van der Waals surface area contributed by atoms with Gasteiger partial charge in [-0.25, -0.2) is 4.79 Å². The molecular weight excluding hydrogens is 321 g/mol. The van der Waals surface area contributed by atoms with Crippen LogP contribution in [0, 0.1) is 0 Å². The zero-order chi connectivity index (χ0) is 13.0. The summed E-state index contributed by atoms with van der Waals surface area (Å²) in [5, 5.41) is -0.0263. The molecule has 0 aliphatic rings. The lowest BCUT2D eigenvalue weighted by molar-refractivity contribution is -0.0503. The summed E-state index contributed by atoms with van der Waals surface area (Å²) in [6, 6.07) is 2.48. The third kappa shape index (κ3) is 3.54. The van der Waals surface area contributed by atoms with E-state index in [1.807, 2.05) is 0 Å². The van der Waals surface area contributed by atoms with E-state index in [0.717, 1.165) is 0 Å². The molecule has 1 aromatic carbocycles. The number of halogens is 4. The minimum atomic E-state index is -2.96. The lowest BCUT2D eigenvalue weighted by Crippen LogP contribution is -2.07. The first kappa shape index (κ1) is 14.2. The van der Waals surface area contributed by atoms with Crippen molar-refractivity contribution in [3.05, 3.63) is 27.2 Å². The van der Waals surface area contributed by atoms with E-state index in [2.05, 4.69) is 20.7 Å². The maximum absolute atomic E-state index is 12.0. The molecule has 0 radical (unpaired) electrons. The fourth-order valence-corrected chi connectivity index (χ4v) is 1.76. The van der Waals surface area contributed by atoms with E-state index in [-0.39, 0.29) is 27.4 Å². The maximum atomic E-state index is 12.0. The van der Waals surface area contributed by atoms with Gasteiger partial charge in [-0.1, -0.05) is 11.6 Å². The number of hydrogen-bond donors (Lipinski definition) is 0. The summed E-state index contributed by atoms with van der Waals surface area (Å²) in [6.45, 7) is -1.12. The summed E-state index contributed by atoms with van der Waals surface area (Å²) < 4.78 is 33.1. The van der Waals surface area contributed by atoms with Crippen LogP contribution in [0.5, 0.6) is 5.75 Å². The first-order chi connectivity index (χ1) is 7.97. The molecule has 0 aromatic heterocycles. The van der Waals surface area contributed by atoms with Crippen LogP contribution in [0.4, 0.5) is 8.78 Å². The van der Waals surface area contributed by atoms with Crippen molar-refractivity contribution >= 4 is 33.5 Å². The fraction of sp³-hybridized carbons (Fsp3) is 0.300. The summed E-state index contributed by atoms with van der Waals surface area (Å²) in [4.78, 5) is 11.4. The van der Waals surface area contributed by atoms with Crippen LogP contribution in [0.2, 0.25) is 5.02 Å². The molecule has 0 spiro atoms. The summed E-state index contributed by atoms with van der Waals surface area (Å²) >= 11 is 8.82. The van der Waals surface area contributed by atoms with Gasteiger partial charge in [0.05, 0.1) is 21.7 Å². The average Bonchev–Trinajstić information content (AvgIpc) is 2.24. The summed E-state index contributed by atoms with van der Waals surface area (Å²) in [6.07, 6.45) is 0.